The maximum atomic E-state index is 13.1. The molecule has 0 saturated carbocycles. The second-order valence-corrected chi connectivity index (χ2v) is 9.45. The number of nitrogens with one attached hydrogen (secondary N) is 2. The molecule has 0 fully saturated rings. The van der Waals surface area contributed by atoms with Crippen LogP contribution in [0.25, 0.3) is 10.2 Å². The zero-order valence-electron chi connectivity index (χ0n) is 17.2. The highest BCUT2D eigenvalue weighted by Gasteiger charge is 2.33. The minimum absolute atomic E-state index is 0.190. The smallest absolute Gasteiger partial charge is 0.325 e. The number of aryl methyl sites for hydroxylation is 1. The molecule has 166 valence electrons. The Balaban J connectivity index is 1.75. The SMILES string of the molecule is CCC(C)Cc1c(C)sc2nc(SCC(=O)Nc3ccccc3C(F)(F)F)[nH]c(=O)c12. The predicted octanol–water partition coefficient (Wildman–Crippen LogP) is 5.63. The van der Waals surface area contributed by atoms with Gasteiger partial charge in [-0.15, -0.1) is 11.3 Å². The van der Waals surface area contributed by atoms with Gasteiger partial charge in [0.05, 0.1) is 22.4 Å². The molecular weight excluding hydrogens is 447 g/mol. The van der Waals surface area contributed by atoms with Gasteiger partial charge >= 0.3 is 6.18 Å². The van der Waals surface area contributed by atoms with Crippen molar-refractivity contribution < 1.29 is 18.0 Å². The molecule has 3 aromatic rings. The van der Waals surface area contributed by atoms with Gasteiger partial charge in [0.2, 0.25) is 5.91 Å². The van der Waals surface area contributed by atoms with E-state index in [4.69, 9.17) is 0 Å². The first-order valence-electron chi connectivity index (χ1n) is 9.71. The van der Waals surface area contributed by atoms with E-state index in [1.165, 1.54) is 29.5 Å². The van der Waals surface area contributed by atoms with Gasteiger partial charge in [0.1, 0.15) is 4.83 Å². The summed E-state index contributed by atoms with van der Waals surface area (Å²) in [5, 5.41) is 3.12. The number of carbonyl (C=O) groups is 1. The highest BCUT2D eigenvalue weighted by atomic mass is 32.2. The summed E-state index contributed by atoms with van der Waals surface area (Å²) in [4.78, 5) is 33.7. The third-order valence-electron chi connectivity index (χ3n) is 4.94. The van der Waals surface area contributed by atoms with E-state index in [1.54, 1.807) is 0 Å². The monoisotopic (exact) mass is 469 g/mol. The van der Waals surface area contributed by atoms with Crippen LogP contribution in [0.1, 0.15) is 36.3 Å². The lowest BCUT2D eigenvalue weighted by atomic mass is 9.98. The summed E-state index contributed by atoms with van der Waals surface area (Å²) < 4.78 is 39.2. The van der Waals surface area contributed by atoms with Crippen molar-refractivity contribution in [3.8, 4) is 0 Å². The molecule has 0 aliphatic rings. The average molecular weight is 470 g/mol. The summed E-state index contributed by atoms with van der Waals surface area (Å²) in [5.41, 5.74) is -0.482. The Labute approximate surface area is 185 Å². The standard InChI is InChI=1S/C21H22F3N3O2S2/c1-4-11(2)9-13-12(3)31-19-17(13)18(29)26-20(27-19)30-10-16(28)25-15-8-6-5-7-14(15)21(22,23)24/h5-8,11H,4,9-10H2,1-3H3,(H,25,28)(H,26,27,29). The molecule has 2 heterocycles. The molecule has 0 aliphatic carbocycles. The zero-order chi connectivity index (χ0) is 22.8. The van der Waals surface area contributed by atoms with Crippen molar-refractivity contribution in [1.29, 1.82) is 0 Å². The van der Waals surface area contributed by atoms with Gasteiger partial charge in [-0.25, -0.2) is 4.98 Å². The second-order valence-electron chi connectivity index (χ2n) is 7.29. The second kappa shape index (κ2) is 9.44. The fourth-order valence-corrected chi connectivity index (χ4v) is 4.89. The van der Waals surface area contributed by atoms with Gasteiger partial charge in [0, 0.05) is 4.88 Å². The van der Waals surface area contributed by atoms with E-state index < -0.39 is 17.6 Å². The Morgan fingerprint density at radius 2 is 2.03 bits per heavy atom. The van der Waals surface area contributed by atoms with Crippen molar-refractivity contribution in [1.82, 2.24) is 9.97 Å². The number of para-hydroxylation sites is 1. The number of hydrogen-bond acceptors (Lipinski definition) is 5. The van der Waals surface area contributed by atoms with E-state index >= 15 is 0 Å². The minimum atomic E-state index is -4.57. The van der Waals surface area contributed by atoms with Crippen LogP contribution in [0, 0.1) is 12.8 Å². The summed E-state index contributed by atoms with van der Waals surface area (Å²) in [6.07, 6.45) is -2.78. The van der Waals surface area contributed by atoms with E-state index in [9.17, 15) is 22.8 Å². The average Bonchev–Trinajstić information content (AvgIpc) is 3.01. The Bertz CT molecular complexity index is 1150. The van der Waals surface area contributed by atoms with Gasteiger partial charge in [-0.1, -0.05) is 44.2 Å². The van der Waals surface area contributed by atoms with Crippen molar-refractivity contribution in [2.24, 2.45) is 5.92 Å². The Hall–Kier alpha value is -2.33. The molecule has 5 nitrogen and oxygen atoms in total. The number of thioether (sulfide) groups is 1. The maximum absolute atomic E-state index is 13.1. The molecule has 1 atom stereocenters. The molecule has 10 heteroatoms. The number of amides is 1. The number of anilines is 1. The third-order valence-corrected chi connectivity index (χ3v) is 6.85. The predicted molar refractivity (Wildman–Crippen MR) is 119 cm³/mol. The van der Waals surface area contributed by atoms with Gasteiger partial charge in [-0.3, -0.25) is 9.59 Å². The van der Waals surface area contributed by atoms with Crippen molar-refractivity contribution in [2.75, 3.05) is 11.1 Å². The zero-order valence-corrected chi connectivity index (χ0v) is 18.9. The van der Waals surface area contributed by atoms with Crippen molar-refractivity contribution in [3.05, 3.63) is 50.6 Å². The Kier molecular flexibility index (Phi) is 7.10. The number of carbonyl (C=O) groups excluding carboxylic acids is 1. The summed E-state index contributed by atoms with van der Waals surface area (Å²) in [6.45, 7) is 6.19. The molecule has 1 unspecified atom stereocenters. The number of H-pyrrole nitrogens is 1. The molecule has 2 N–H and O–H groups in total. The molecule has 1 amide bonds. The fourth-order valence-electron chi connectivity index (χ4n) is 3.12. The number of rotatable bonds is 7. The van der Waals surface area contributed by atoms with Gasteiger partial charge in [-0.2, -0.15) is 13.2 Å². The van der Waals surface area contributed by atoms with Gasteiger partial charge in [0.25, 0.3) is 5.56 Å². The molecule has 0 radical (unpaired) electrons. The van der Waals surface area contributed by atoms with Gasteiger partial charge in [0.15, 0.2) is 5.16 Å². The molecule has 2 aromatic heterocycles. The van der Waals surface area contributed by atoms with Crippen molar-refractivity contribution in [3.63, 3.8) is 0 Å². The number of nitrogens with zero attached hydrogens (tertiary/aromatic N) is 1. The fraction of sp³-hybridized carbons (Fsp3) is 0.381. The molecule has 1 aromatic carbocycles. The number of benzene rings is 1. The lowest BCUT2D eigenvalue weighted by Gasteiger charge is -2.13. The Morgan fingerprint density at radius 3 is 2.71 bits per heavy atom. The normalized spacial score (nSPS) is 12.8. The van der Waals surface area contributed by atoms with Crippen molar-refractivity contribution in [2.45, 2.75) is 44.9 Å². The molecule has 0 aliphatic heterocycles. The van der Waals surface area contributed by atoms with E-state index in [-0.39, 0.29) is 22.2 Å². The Morgan fingerprint density at radius 1 is 1.32 bits per heavy atom. The van der Waals surface area contributed by atoms with Gasteiger partial charge in [-0.05, 0) is 37.0 Å². The first kappa shape index (κ1) is 23.3. The van der Waals surface area contributed by atoms with Crippen LogP contribution in [0.5, 0.6) is 0 Å². The molecular formula is C21H22F3N3O2S2. The largest absolute Gasteiger partial charge is 0.418 e. The van der Waals surface area contributed by atoms with Crippen molar-refractivity contribution >= 4 is 44.9 Å². The lowest BCUT2D eigenvalue weighted by molar-refractivity contribution is -0.137. The molecule has 0 saturated heterocycles. The first-order chi connectivity index (χ1) is 14.6. The number of alkyl halides is 3. The van der Waals surface area contributed by atoms with E-state index in [2.05, 4.69) is 29.1 Å². The van der Waals surface area contributed by atoms with E-state index in [0.717, 1.165) is 41.1 Å². The number of halogens is 3. The van der Waals surface area contributed by atoms with Crippen LogP contribution in [-0.4, -0.2) is 21.6 Å². The van der Waals surface area contributed by atoms with Crippen LogP contribution in [-0.2, 0) is 17.4 Å². The summed E-state index contributed by atoms with van der Waals surface area (Å²) in [5.74, 6) is -0.373. The highest BCUT2D eigenvalue weighted by molar-refractivity contribution is 7.99. The van der Waals surface area contributed by atoms with Crippen LogP contribution in [0.15, 0.2) is 34.2 Å². The quantitative estimate of drug-likeness (QED) is 0.347. The summed E-state index contributed by atoms with van der Waals surface area (Å²) >= 11 is 2.40. The van der Waals surface area contributed by atoms with Crippen LogP contribution in [0.3, 0.4) is 0 Å². The number of aromatic nitrogens is 2. The lowest BCUT2D eigenvalue weighted by Crippen LogP contribution is -2.18. The van der Waals surface area contributed by atoms with Crippen LogP contribution in [0.2, 0.25) is 0 Å². The van der Waals surface area contributed by atoms with E-state index in [0.29, 0.717) is 16.1 Å². The van der Waals surface area contributed by atoms with Crippen LogP contribution >= 0.6 is 23.1 Å². The molecule has 31 heavy (non-hydrogen) atoms. The van der Waals surface area contributed by atoms with E-state index in [1.807, 2.05) is 6.92 Å². The summed E-state index contributed by atoms with van der Waals surface area (Å²) in [7, 11) is 0. The number of aromatic amines is 1. The molecule has 0 spiro atoms. The minimum Gasteiger partial charge on any atom is -0.325 e. The topological polar surface area (TPSA) is 74.8 Å². The third kappa shape index (κ3) is 5.48. The molecule has 0 bridgehead atoms. The highest BCUT2D eigenvalue weighted by Crippen LogP contribution is 2.35. The molecule has 3 rings (SSSR count). The number of thiophene rings is 1. The van der Waals surface area contributed by atoms with Crippen LogP contribution < -0.4 is 10.9 Å². The summed E-state index contributed by atoms with van der Waals surface area (Å²) in [6, 6.07) is 4.79. The number of hydrogen-bond donors (Lipinski definition) is 2. The number of fused-ring (bicyclic) bond motifs is 1. The van der Waals surface area contributed by atoms with Crippen LogP contribution in [0.4, 0.5) is 18.9 Å². The maximum Gasteiger partial charge on any atom is 0.418 e. The first-order valence-corrected chi connectivity index (χ1v) is 11.5. The van der Waals surface area contributed by atoms with Gasteiger partial charge < -0.3 is 10.3 Å².